The summed E-state index contributed by atoms with van der Waals surface area (Å²) in [5, 5.41) is 11.9. The topological polar surface area (TPSA) is 79.5 Å². The number of carbonyl (C=O) groups is 2. The molecule has 0 aliphatic heterocycles. The average molecular weight is 367 g/mol. The van der Waals surface area contributed by atoms with Crippen molar-refractivity contribution in [1.29, 1.82) is 0 Å². The second kappa shape index (κ2) is 8.17. The van der Waals surface area contributed by atoms with E-state index in [4.69, 9.17) is 4.74 Å². The standard InChI is InChI=1S/C19H17N3O3S/c1-25-15-6-4-5-14(11-15)20-19(24)22-17-8-3-2-7-16(17)21-18(23)13-9-10-26-12-13/h2-12H,1H3,(H,21,23)(H2,20,22,24). The van der Waals surface area contributed by atoms with Crippen molar-refractivity contribution in [2.24, 2.45) is 0 Å². The molecule has 0 atom stereocenters. The fourth-order valence-electron chi connectivity index (χ4n) is 2.27. The van der Waals surface area contributed by atoms with Crippen LogP contribution < -0.4 is 20.7 Å². The summed E-state index contributed by atoms with van der Waals surface area (Å²) in [7, 11) is 1.56. The van der Waals surface area contributed by atoms with Crippen molar-refractivity contribution in [2.45, 2.75) is 0 Å². The van der Waals surface area contributed by atoms with Gasteiger partial charge in [-0.3, -0.25) is 4.79 Å². The van der Waals surface area contributed by atoms with E-state index in [2.05, 4.69) is 16.0 Å². The van der Waals surface area contributed by atoms with Gasteiger partial charge in [0.1, 0.15) is 5.75 Å². The molecule has 2 aromatic carbocycles. The maximum atomic E-state index is 12.3. The molecule has 3 rings (SSSR count). The Morgan fingerprint density at radius 1 is 0.923 bits per heavy atom. The molecule has 0 aliphatic carbocycles. The zero-order valence-electron chi connectivity index (χ0n) is 14.0. The number of methoxy groups -OCH3 is 1. The molecule has 0 saturated carbocycles. The van der Waals surface area contributed by atoms with Crippen LogP contribution in [-0.2, 0) is 0 Å². The van der Waals surface area contributed by atoms with Gasteiger partial charge in [0, 0.05) is 17.1 Å². The number of para-hydroxylation sites is 2. The molecule has 7 heteroatoms. The van der Waals surface area contributed by atoms with E-state index in [1.54, 1.807) is 67.1 Å². The van der Waals surface area contributed by atoms with Crippen molar-refractivity contribution in [3.8, 4) is 5.75 Å². The molecule has 0 unspecified atom stereocenters. The van der Waals surface area contributed by atoms with Crippen molar-refractivity contribution in [2.75, 3.05) is 23.1 Å². The molecular weight excluding hydrogens is 350 g/mol. The van der Waals surface area contributed by atoms with Crippen molar-refractivity contribution in [3.63, 3.8) is 0 Å². The number of nitrogens with one attached hydrogen (secondary N) is 3. The third kappa shape index (κ3) is 4.40. The van der Waals surface area contributed by atoms with Crippen molar-refractivity contribution >= 4 is 40.3 Å². The van der Waals surface area contributed by atoms with E-state index in [0.717, 1.165) is 0 Å². The zero-order chi connectivity index (χ0) is 18.4. The van der Waals surface area contributed by atoms with E-state index in [0.29, 0.717) is 28.4 Å². The number of anilines is 3. The van der Waals surface area contributed by atoms with Crippen LogP contribution >= 0.6 is 11.3 Å². The molecule has 1 aromatic heterocycles. The Balaban J connectivity index is 1.69. The summed E-state index contributed by atoms with van der Waals surface area (Å²) in [6.45, 7) is 0. The Hall–Kier alpha value is -3.32. The van der Waals surface area contributed by atoms with Crippen LogP contribution in [0.4, 0.5) is 21.9 Å². The van der Waals surface area contributed by atoms with Gasteiger partial charge < -0.3 is 20.7 Å². The molecule has 0 radical (unpaired) electrons. The Kier molecular flexibility index (Phi) is 5.50. The molecule has 0 saturated heterocycles. The van der Waals surface area contributed by atoms with Gasteiger partial charge in [0.15, 0.2) is 0 Å². The van der Waals surface area contributed by atoms with E-state index < -0.39 is 6.03 Å². The molecule has 1 heterocycles. The van der Waals surface area contributed by atoms with Gasteiger partial charge in [0.05, 0.1) is 24.0 Å². The van der Waals surface area contributed by atoms with E-state index in [-0.39, 0.29) is 5.91 Å². The van der Waals surface area contributed by atoms with Crippen LogP contribution in [0.5, 0.6) is 5.75 Å². The molecule has 3 N–H and O–H groups in total. The lowest BCUT2D eigenvalue weighted by Gasteiger charge is -2.13. The zero-order valence-corrected chi connectivity index (χ0v) is 14.8. The number of thiophene rings is 1. The summed E-state index contributed by atoms with van der Waals surface area (Å²) in [6, 6.07) is 15.4. The number of carbonyl (C=O) groups excluding carboxylic acids is 2. The lowest BCUT2D eigenvalue weighted by molar-refractivity contribution is 0.102. The largest absolute Gasteiger partial charge is 0.497 e. The third-order valence-electron chi connectivity index (χ3n) is 3.53. The molecule has 0 aliphatic rings. The first-order chi connectivity index (χ1) is 12.7. The number of amides is 3. The highest BCUT2D eigenvalue weighted by Crippen LogP contribution is 2.23. The average Bonchev–Trinajstić information content (AvgIpc) is 3.18. The quantitative estimate of drug-likeness (QED) is 0.614. The lowest BCUT2D eigenvalue weighted by atomic mass is 10.2. The molecule has 6 nitrogen and oxygen atoms in total. The summed E-state index contributed by atoms with van der Waals surface area (Å²) in [4.78, 5) is 24.5. The second-order valence-electron chi connectivity index (χ2n) is 5.32. The summed E-state index contributed by atoms with van der Waals surface area (Å²) >= 11 is 1.45. The third-order valence-corrected chi connectivity index (χ3v) is 4.22. The normalized spacial score (nSPS) is 10.0. The van der Waals surface area contributed by atoms with Gasteiger partial charge in [-0.15, -0.1) is 0 Å². The van der Waals surface area contributed by atoms with Gasteiger partial charge in [0.2, 0.25) is 0 Å². The van der Waals surface area contributed by atoms with Gasteiger partial charge in [-0.25, -0.2) is 4.79 Å². The van der Waals surface area contributed by atoms with Crippen LogP contribution in [0.2, 0.25) is 0 Å². The number of urea groups is 1. The van der Waals surface area contributed by atoms with Crippen LogP contribution in [0.25, 0.3) is 0 Å². The molecule has 0 bridgehead atoms. The minimum atomic E-state index is -0.421. The minimum Gasteiger partial charge on any atom is -0.497 e. The summed E-state index contributed by atoms with van der Waals surface area (Å²) in [5.74, 6) is 0.417. The van der Waals surface area contributed by atoms with Gasteiger partial charge in [0.25, 0.3) is 5.91 Å². The number of hydrogen-bond acceptors (Lipinski definition) is 4. The van der Waals surface area contributed by atoms with E-state index >= 15 is 0 Å². The van der Waals surface area contributed by atoms with Crippen molar-refractivity contribution < 1.29 is 14.3 Å². The minimum absolute atomic E-state index is 0.228. The summed E-state index contributed by atoms with van der Waals surface area (Å²) < 4.78 is 5.13. The maximum Gasteiger partial charge on any atom is 0.323 e. The highest BCUT2D eigenvalue weighted by atomic mass is 32.1. The number of ether oxygens (including phenoxy) is 1. The van der Waals surface area contributed by atoms with Crippen LogP contribution in [0.1, 0.15) is 10.4 Å². The number of rotatable bonds is 5. The smallest absolute Gasteiger partial charge is 0.323 e. The van der Waals surface area contributed by atoms with Crippen LogP contribution in [0.15, 0.2) is 65.4 Å². The van der Waals surface area contributed by atoms with Crippen LogP contribution in [-0.4, -0.2) is 19.0 Å². The molecule has 3 aromatic rings. The molecule has 132 valence electrons. The second-order valence-corrected chi connectivity index (χ2v) is 6.10. The van der Waals surface area contributed by atoms with Crippen LogP contribution in [0, 0.1) is 0 Å². The van der Waals surface area contributed by atoms with Gasteiger partial charge in [-0.2, -0.15) is 11.3 Å². The van der Waals surface area contributed by atoms with Gasteiger partial charge in [-0.05, 0) is 35.7 Å². The van der Waals surface area contributed by atoms with E-state index in [9.17, 15) is 9.59 Å². The molecule has 3 amide bonds. The first-order valence-electron chi connectivity index (χ1n) is 7.80. The molecule has 0 spiro atoms. The molecule has 26 heavy (non-hydrogen) atoms. The highest BCUT2D eigenvalue weighted by Gasteiger charge is 2.11. The van der Waals surface area contributed by atoms with Crippen molar-refractivity contribution in [1.82, 2.24) is 0 Å². The maximum absolute atomic E-state index is 12.3. The Labute approximate surface area is 154 Å². The fraction of sp³-hybridized carbons (Fsp3) is 0.0526. The number of hydrogen-bond donors (Lipinski definition) is 3. The van der Waals surface area contributed by atoms with E-state index in [1.807, 2.05) is 5.38 Å². The highest BCUT2D eigenvalue weighted by molar-refractivity contribution is 7.08. The predicted octanol–water partition coefficient (Wildman–Crippen LogP) is 4.65. The van der Waals surface area contributed by atoms with Crippen molar-refractivity contribution in [3.05, 3.63) is 70.9 Å². The van der Waals surface area contributed by atoms with Gasteiger partial charge in [-0.1, -0.05) is 18.2 Å². The van der Waals surface area contributed by atoms with Gasteiger partial charge >= 0.3 is 6.03 Å². The lowest BCUT2D eigenvalue weighted by Crippen LogP contribution is -2.21. The Morgan fingerprint density at radius 3 is 2.38 bits per heavy atom. The van der Waals surface area contributed by atoms with Crippen LogP contribution in [0.3, 0.4) is 0 Å². The Morgan fingerprint density at radius 2 is 1.69 bits per heavy atom. The molecule has 0 fully saturated rings. The summed E-state index contributed by atoms with van der Waals surface area (Å²) in [5.41, 5.74) is 2.19. The first-order valence-corrected chi connectivity index (χ1v) is 8.74. The number of benzene rings is 2. The monoisotopic (exact) mass is 367 g/mol. The van der Waals surface area contributed by atoms with E-state index in [1.165, 1.54) is 11.3 Å². The first kappa shape index (κ1) is 17.5. The fourth-order valence-corrected chi connectivity index (χ4v) is 2.91. The predicted molar refractivity (Wildman–Crippen MR) is 104 cm³/mol. The SMILES string of the molecule is COc1cccc(NC(=O)Nc2ccccc2NC(=O)c2ccsc2)c1. The molecular formula is C19H17N3O3S. The Bertz CT molecular complexity index is 910. The summed E-state index contributed by atoms with van der Waals surface area (Å²) in [6.07, 6.45) is 0.